The van der Waals surface area contributed by atoms with E-state index >= 15 is 0 Å². The van der Waals surface area contributed by atoms with Gasteiger partial charge in [-0.15, -0.1) is 0 Å². The lowest BCUT2D eigenvalue weighted by Gasteiger charge is -2.20. The summed E-state index contributed by atoms with van der Waals surface area (Å²) in [6.07, 6.45) is 11.3. The van der Waals surface area contributed by atoms with Crippen molar-refractivity contribution in [3.8, 4) is 0 Å². The molecule has 2 rings (SSSR count). The number of pyridine rings is 1. The molecular weight excluding hydrogens is 256 g/mol. The van der Waals surface area contributed by atoms with Crippen molar-refractivity contribution in [3.05, 3.63) is 47.3 Å². The predicted octanol–water partition coefficient (Wildman–Crippen LogP) is 4.59. The highest BCUT2D eigenvalue weighted by molar-refractivity contribution is 5.79. The van der Waals surface area contributed by atoms with Gasteiger partial charge < -0.3 is 5.73 Å². The van der Waals surface area contributed by atoms with Gasteiger partial charge in [0.15, 0.2) is 0 Å². The molecule has 1 atom stereocenters. The maximum atomic E-state index is 5.90. The van der Waals surface area contributed by atoms with Crippen molar-refractivity contribution in [2.75, 3.05) is 6.54 Å². The van der Waals surface area contributed by atoms with Crippen molar-refractivity contribution in [2.45, 2.75) is 46.5 Å². The Balaban J connectivity index is 2.32. The molecular formula is C19H28N2. The van der Waals surface area contributed by atoms with Crippen LogP contribution in [0.4, 0.5) is 0 Å². The number of allylic oxidation sites excluding steroid dienone is 3. The average molecular weight is 284 g/mol. The quantitative estimate of drug-likeness (QED) is 0.744. The predicted molar refractivity (Wildman–Crippen MR) is 90.8 cm³/mol. The first-order chi connectivity index (χ1) is 10.2. The summed E-state index contributed by atoms with van der Waals surface area (Å²) in [5.74, 6) is 1.40. The molecule has 2 heteroatoms. The van der Waals surface area contributed by atoms with Crippen LogP contribution in [0.2, 0.25) is 0 Å². The molecule has 0 bridgehead atoms. The van der Waals surface area contributed by atoms with Crippen LogP contribution in [0.25, 0.3) is 5.57 Å². The molecule has 0 amide bonds. The number of aromatic nitrogens is 1. The van der Waals surface area contributed by atoms with E-state index < -0.39 is 0 Å². The van der Waals surface area contributed by atoms with Gasteiger partial charge in [-0.1, -0.05) is 31.4 Å². The van der Waals surface area contributed by atoms with Gasteiger partial charge in [-0.2, -0.15) is 0 Å². The Morgan fingerprint density at radius 3 is 2.57 bits per heavy atom. The zero-order chi connectivity index (χ0) is 15.2. The lowest BCUT2D eigenvalue weighted by atomic mass is 9.86. The fraction of sp³-hybridized carbons (Fsp3) is 0.526. The Hall–Kier alpha value is -1.41. The van der Waals surface area contributed by atoms with E-state index in [1.807, 2.05) is 12.4 Å². The van der Waals surface area contributed by atoms with E-state index in [1.165, 1.54) is 48.0 Å². The van der Waals surface area contributed by atoms with Crippen LogP contribution in [0.5, 0.6) is 0 Å². The van der Waals surface area contributed by atoms with E-state index in [0.29, 0.717) is 12.5 Å². The van der Waals surface area contributed by atoms with Crippen molar-refractivity contribution in [1.29, 1.82) is 0 Å². The Labute approximate surface area is 129 Å². The van der Waals surface area contributed by atoms with Crippen LogP contribution in [0.15, 0.2) is 41.7 Å². The first kappa shape index (κ1) is 16.0. The molecule has 1 aromatic rings. The zero-order valence-corrected chi connectivity index (χ0v) is 13.6. The molecule has 0 aliphatic heterocycles. The third-order valence-corrected chi connectivity index (χ3v) is 4.67. The third-order valence-electron chi connectivity index (χ3n) is 4.67. The second-order valence-corrected chi connectivity index (χ2v) is 6.22. The molecule has 0 saturated heterocycles. The summed E-state index contributed by atoms with van der Waals surface area (Å²) in [4.78, 5) is 4.14. The minimum atomic E-state index is 0.441. The smallest absolute Gasteiger partial charge is 0.0273 e. The maximum absolute atomic E-state index is 5.90. The van der Waals surface area contributed by atoms with Gasteiger partial charge in [0.05, 0.1) is 0 Å². The molecule has 1 aliphatic rings. The number of hydrogen-bond donors (Lipinski definition) is 1. The van der Waals surface area contributed by atoms with Gasteiger partial charge >= 0.3 is 0 Å². The second kappa shape index (κ2) is 7.56. The molecule has 21 heavy (non-hydrogen) atoms. The van der Waals surface area contributed by atoms with Gasteiger partial charge in [-0.3, -0.25) is 4.98 Å². The second-order valence-electron chi connectivity index (χ2n) is 6.22. The van der Waals surface area contributed by atoms with Crippen LogP contribution in [-0.2, 0) is 0 Å². The zero-order valence-electron chi connectivity index (χ0n) is 13.6. The minimum absolute atomic E-state index is 0.441. The van der Waals surface area contributed by atoms with Crippen LogP contribution in [0, 0.1) is 11.8 Å². The summed E-state index contributed by atoms with van der Waals surface area (Å²) in [7, 11) is 0. The van der Waals surface area contributed by atoms with Crippen LogP contribution in [-0.4, -0.2) is 11.5 Å². The van der Waals surface area contributed by atoms with Crippen molar-refractivity contribution in [2.24, 2.45) is 17.6 Å². The summed E-state index contributed by atoms with van der Waals surface area (Å²) < 4.78 is 0. The standard InChI is InChI=1S/C19H28N2/c1-4-18(17-9-11-21-12-10-17)19(8-7-16-5-6-16)15(3)14(2)13-20/h4,9-12,14,16H,5-8,13,20H2,1-3H3/b18-4-,19-15+. The summed E-state index contributed by atoms with van der Waals surface area (Å²) in [5, 5.41) is 0. The van der Waals surface area contributed by atoms with Gasteiger partial charge in [-0.05, 0) is 73.9 Å². The van der Waals surface area contributed by atoms with Gasteiger partial charge in [0.1, 0.15) is 0 Å². The molecule has 1 fully saturated rings. The van der Waals surface area contributed by atoms with Crippen LogP contribution in [0.3, 0.4) is 0 Å². The number of hydrogen-bond acceptors (Lipinski definition) is 2. The van der Waals surface area contributed by atoms with Crippen LogP contribution in [0.1, 0.15) is 52.0 Å². The molecule has 1 aliphatic carbocycles. The van der Waals surface area contributed by atoms with Crippen molar-refractivity contribution < 1.29 is 0 Å². The highest BCUT2D eigenvalue weighted by Gasteiger charge is 2.23. The van der Waals surface area contributed by atoms with E-state index in [0.717, 1.165) is 5.92 Å². The fourth-order valence-electron chi connectivity index (χ4n) is 2.82. The molecule has 1 saturated carbocycles. The van der Waals surface area contributed by atoms with E-state index in [-0.39, 0.29) is 0 Å². The topological polar surface area (TPSA) is 38.9 Å². The molecule has 114 valence electrons. The molecule has 2 N–H and O–H groups in total. The van der Waals surface area contributed by atoms with Crippen molar-refractivity contribution in [1.82, 2.24) is 4.98 Å². The summed E-state index contributed by atoms with van der Waals surface area (Å²) in [6.45, 7) is 7.33. The summed E-state index contributed by atoms with van der Waals surface area (Å²) in [5.41, 5.74) is 11.5. The monoisotopic (exact) mass is 284 g/mol. The van der Waals surface area contributed by atoms with Crippen molar-refractivity contribution in [3.63, 3.8) is 0 Å². The fourth-order valence-corrected chi connectivity index (χ4v) is 2.82. The number of rotatable bonds is 7. The third kappa shape index (κ3) is 4.28. The largest absolute Gasteiger partial charge is 0.330 e. The Kier molecular flexibility index (Phi) is 5.75. The van der Waals surface area contributed by atoms with Gasteiger partial charge in [-0.25, -0.2) is 0 Å². The highest BCUT2D eigenvalue weighted by Crippen LogP contribution is 2.38. The molecule has 1 aromatic heterocycles. The SMILES string of the molecule is C/C=C(\C(CCC1CC1)=C(/C)C(C)CN)c1ccncc1. The lowest BCUT2D eigenvalue weighted by Crippen LogP contribution is -2.14. The van der Waals surface area contributed by atoms with Gasteiger partial charge in [0.2, 0.25) is 0 Å². The Bertz CT molecular complexity index is 510. The average Bonchev–Trinajstić information content (AvgIpc) is 3.35. The molecule has 2 nitrogen and oxygen atoms in total. The first-order valence-electron chi connectivity index (χ1n) is 8.14. The molecule has 0 radical (unpaired) electrons. The molecule has 0 spiro atoms. The van der Waals surface area contributed by atoms with E-state index in [1.54, 1.807) is 0 Å². The number of nitrogens with two attached hydrogens (primary N) is 1. The maximum Gasteiger partial charge on any atom is 0.0273 e. The Morgan fingerprint density at radius 1 is 1.38 bits per heavy atom. The highest BCUT2D eigenvalue weighted by atomic mass is 14.6. The lowest BCUT2D eigenvalue weighted by molar-refractivity contribution is 0.667. The van der Waals surface area contributed by atoms with Gasteiger partial charge in [0.25, 0.3) is 0 Å². The van der Waals surface area contributed by atoms with E-state index in [9.17, 15) is 0 Å². The van der Waals surface area contributed by atoms with E-state index in [4.69, 9.17) is 5.73 Å². The molecule has 1 heterocycles. The number of nitrogens with zero attached hydrogens (tertiary/aromatic N) is 1. The minimum Gasteiger partial charge on any atom is -0.330 e. The van der Waals surface area contributed by atoms with Crippen LogP contribution >= 0.6 is 0 Å². The Morgan fingerprint density at radius 2 is 2.05 bits per heavy atom. The van der Waals surface area contributed by atoms with Crippen LogP contribution < -0.4 is 5.73 Å². The molecule has 0 aromatic carbocycles. The summed E-state index contributed by atoms with van der Waals surface area (Å²) in [6, 6.07) is 4.21. The summed E-state index contributed by atoms with van der Waals surface area (Å²) >= 11 is 0. The van der Waals surface area contributed by atoms with Crippen molar-refractivity contribution >= 4 is 5.57 Å². The van der Waals surface area contributed by atoms with Gasteiger partial charge in [0, 0.05) is 12.4 Å². The molecule has 1 unspecified atom stereocenters. The first-order valence-corrected chi connectivity index (χ1v) is 8.14. The normalized spacial score (nSPS) is 18.4. The van der Waals surface area contributed by atoms with E-state index in [2.05, 4.69) is 44.0 Å².